The van der Waals surface area contributed by atoms with Crippen molar-refractivity contribution in [3.05, 3.63) is 53.9 Å². The number of carboxylic acids is 1. The van der Waals surface area contributed by atoms with E-state index < -0.39 is 12.0 Å². The van der Waals surface area contributed by atoms with Gasteiger partial charge in [0.15, 0.2) is 0 Å². The number of rotatable bonds is 5. The molecular formula is C13H15N3O2. The summed E-state index contributed by atoms with van der Waals surface area (Å²) in [4.78, 5) is 10.6. The third kappa shape index (κ3) is 3.18. The fourth-order valence-corrected chi connectivity index (χ4v) is 1.70. The van der Waals surface area contributed by atoms with Gasteiger partial charge in [0.05, 0.1) is 6.54 Å². The second-order valence-corrected chi connectivity index (χ2v) is 4.17. The molecule has 1 aromatic heterocycles. The van der Waals surface area contributed by atoms with Crippen molar-refractivity contribution < 1.29 is 9.90 Å². The largest absolute Gasteiger partial charge is 0.480 e. The number of hydrogen-bond acceptors (Lipinski definition) is 3. The molecule has 0 saturated carbocycles. The number of aliphatic carboxylic acids is 1. The Morgan fingerprint density at radius 2 is 2.00 bits per heavy atom. The highest BCUT2D eigenvalue weighted by molar-refractivity contribution is 5.73. The summed E-state index contributed by atoms with van der Waals surface area (Å²) in [6.45, 7) is 0.707. The monoisotopic (exact) mass is 245 g/mol. The Labute approximate surface area is 105 Å². The molecule has 0 unspecified atom stereocenters. The standard InChI is InChI=1S/C13H15N3O2/c14-12(13(17)18)8-10-2-4-11(5-3-10)9-16-7-1-6-15-16/h1-7,12H,8-9,14H2,(H,17,18)/t12-/m0/s1. The quantitative estimate of drug-likeness (QED) is 0.819. The summed E-state index contributed by atoms with van der Waals surface area (Å²) in [6.07, 6.45) is 3.98. The lowest BCUT2D eigenvalue weighted by atomic mass is 10.0. The van der Waals surface area contributed by atoms with Crippen LogP contribution in [-0.4, -0.2) is 26.9 Å². The summed E-state index contributed by atoms with van der Waals surface area (Å²) in [5.41, 5.74) is 7.52. The summed E-state index contributed by atoms with van der Waals surface area (Å²) in [7, 11) is 0. The van der Waals surface area contributed by atoms with Crippen molar-refractivity contribution in [1.82, 2.24) is 9.78 Å². The van der Waals surface area contributed by atoms with Crippen molar-refractivity contribution in [3.8, 4) is 0 Å². The van der Waals surface area contributed by atoms with Crippen LogP contribution in [0.2, 0.25) is 0 Å². The lowest BCUT2D eigenvalue weighted by Gasteiger charge is -2.07. The number of hydrogen-bond donors (Lipinski definition) is 2. The normalized spacial score (nSPS) is 12.3. The summed E-state index contributed by atoms with van der Waals surface area (Å²) in [5.74, 6) is -0.976. The van der Waals surface area contributed by atoms with Gasteiger partial charge in [-0.2, -0.15) is 5.10 Å². The summed E-state index contributed by atoms with van der Waals surface area (Å²) >= 11 is 0. The highest BCUT2D eigenvalue weighted by Gasteiger charge is 2.11. The van der Waals surface area contributed by atoms with Crippen LogP contribution in [0.5, 0.6) is 0 Å². The van der Waals surface area contributed by atoms with Crippen molar-refractivity contribution >= 4 is 5.97 Å². The van der Waals surface area contributed by atoms with Gasteiger partial charge in [-0.3, -0.25) is 9.48 Å². The topological polar surface area (TPSA) is 81.1 Å². The molecule has 1 atom stereocenters. The van der Waals surface area contributed by atoms with Gasteiger partial charge in [0, 0.05) is 12.4 Å². The number of nitrogens with zero attached hydrogens (tertiary/aromatic N) is 2. The molecule has 94 valence electrons. The molecule has 0 radical (unpaired) electrons. The molecule has 0 saturated heterocycles. The highest BCUT2D eigenvalue weighted by Crippen LogP contribution is 2.08. The van der Waals surface area contributed by atoms with Crippen molar-refractivity contribution in [2.45, 2.75) is 19.0 Å². The van der Waals surface area contributed by atoms with E-state index in [4.69, 9.17) is 10.8 Å². The highest BCUT2D eigenvalue weighted by atomic mass is 16.4. The van der Waals surface area contributed by atoms with Gasteiger partial charge < -0.3 is 10.8 Å². The van der Waals surface area contributed by atoms with Crippen LogP contribution >= 0.6 is 0 Å². The van der Waals surface area contributed by atoms with E-state index in [1.54, 1.807) is 6.20 Å². The molecule has 2 rings (SSSR count). The average Bonchev–Trinajstić information content (AvgIpc) is 2.84. The van der Waals surface area contributed by atoms with Gasteiger partial charge in [0.1, 0.15) is 6.04 Å². The van der Waals surface area contributed by atoms with Gasteiger partial charge in [-0.05, 0) is 23.6 Å². The lowest BCUT2D eigenvalue weighted by molar-refractivity contribution is -0.138. The maximum absolute atomic E-state index is 10.6. The smallest absolute Gasteiger partial charge is 0.320 e. The van der Waals surface area contributed by atoms with E-state index in [1.807, 2.05) is 41.2 Å². The summed E-state index contributed by atoms with van der Waals surface area (Å²) < 4.78 is 1.83. The van der Waals surface area contributed by atoms with Crippen LogP contribution in [0.1, 0.15) is 11.1 Å². The number of nitrogens with two attached hydrogens (primary N) is 1. The predicted octanol–water partition coefficient (Wildman–Crippen LogP) is 0.886. The maximum atomic E-state index is 10.6. The van der Waals surface area contributed by atoms with E-state index >= 15 is 0 Å². The molecule has 5 nitrogen and oxygen atoms in total. The Balaban J connectivity index is 1.99. The second kappa shape index (κ2) is 5.46. The van der Waals surface area contributed by atoms with Gasteiger partial charge in [0.25, 0.3) is 0 Å². The number of benzene rings is 1. The minimum Gasteiger partial charge on any atom is -0.480 e. The Morgan fingerprint density at radius 3 is 2.56 bits per heavy atom. The fraction of sp³-hybridized carbons (Fsp3) is 0.231. The van der Waals surface area contributed by atoms with Gasteiger partial charge in [-0.15, -0.1) is 0 Å². The van der Waals surface area contributed by atoms with Crippen LogP contribution in [0.15, 0.2) is 42.7 Å². The molecular weight excluding hydrogens is 230 g/mol. The lowest BCUT2D eigenvalue weighted by Crippen LogP contribution is -2.32. The maximum Gasteiger partial charge on any atom is 0.320 e. The molecule has 0 aliphatic heterocycles. The third-order valence-corrected chi connectivity index (χ3v) is 2.70. The molecule has 0 amide bonds. The van der Waals surface area contributed by atoms with Crippen molar-refractivity contribution in [3.63, 3.8) is 0 Å². The first kappa shape index (κ1) is 12.3. The molecule has 1 heterocycles. The molecule has 18 heavy (non-hydrogen) atoms. The molecule has 0 fully saturated rings. The van der Waals surface area contributed by atoms with Crippen LogP contribution in [-0.2, 0) is 17.8 Å². The van der Waals surface area contributed by atoms with Gasteiger partial charge >= 0.3 is 5.97 Å². The van der Waals surface area contributed by atoms with E-state index in [0.29, 0.717) is 13.0 Å². The Hall–Kier alpha value is -2.14. The van der Waals surface area contributed by atoms with E-state index in [0.717, 1.165) is 11.1 Å². The van der Waals surface area contributed by atoms with E-state index in [2.05, 4.69) is 5.10 Å². The summed E-state index contributed by atoms with van der Waals surface area (Å²) in [5, 5.41) is 12.9. The van der Waals surface area contributed by atoms with E-state index in [1.165, 1.54) is 0 Å². The van der Waals surface area contributed by atoms with Gasteiger partial charge in [-0.25, -0.2) is 0 Å². The van der Waals surface area contributed by atoms with Crippen LogP contribution in [0.3, 0.4) is 0 Å². The number of carboxylic acid groups (broad SMARTS) is 1. The van der Waals surface area contributed by atoms with Crippen LogP contribution < -0.4 is 5.73 Å². The van der Waals surface area contributed by atoms with Gasteiger partial charge in [-0.1, -0.05) is 24.3 Å². The van der Waals surface area contributed by atoms with E-state index in [9.17, 15) is 4.79 Å². The first-order chi connectivity index (χ1) is 8.65. The van der Waals surface area contributed by atoms with Gasteiger partial charge in [0.2, 0.25) is 0 Å². The Bertz CT molecular complexity index is 506. The Kier molecular flexibility index (Phi) is 3.74. The van der Waals surface area contributed by atoms with Crippen LogP contribution in [0.4, 0.5) is 0 Å². The zero-order valence-corrected chi connectivity index (χ0v) is 9.86. The molecule has 2 aromatic rings. The van der Waals surface area contributed by atoms with Crippen LogP contribution in [0.25, 0.3) is 0 Å². The first-order valence-electron chi connectivity index (χ1n) is 5.69. The molecule has 5 heteroatoms. The predicted molar refractivity (Wildman–Crippen MR) is 67.1 cm³/mol. The van der Waals surface area contributed by atoms with Crippen molar-refractivity contribution in [1.29, 1.82) is 0 Å². The minimum absolute atomic E-state index is 0.345. The molecule has 1 aromatic carbocycles. The zero-order chi connectivity index (χ0) is 13.0. The molecule has 0 spiro atoms. The third-order valence-electron chi connectivity index (χ3n) is 2.70. The van der Waals surface area contributed by atoms with Crippen LogP contribution in [0, 0.1) is 0 Å². The number of carbonyl (C=O) groups is 1. The fourth-order valence-electron chi connectivity index (χ4n) is 1.70. The van der Waals surface area contributed by atoms with Crippen molar-refractivity contribution in [2.24, 2.45) is 5.73 Å². The zero-order valence-electron chi connectivity index (χ0n) is 9.86. The summed E-state index contributed by atoms with van der Waals surface area (Å²) in [6, 6.07) is 8.77. The SMILES string of the molecule is N[C@@H](Cc1ccc(Cn2cccn2)cc1)C(=O)O. The molecule has 0 aliphatic carbocycles. The number of aromatic nitrogens is 2. The molecule has 0 aliphatic rings. The first-order valence-corrected chi connectivity index (χ1v) is 5.69. The average molecular weight is 245 g/mol. The molecule has 0 bridgehead atoms. The minimum atomic E-state index is -0.976. The second-order valence-electron chi connectivity index (χ2n) is 4.17. The van der Waals surface area contributed by atoms with E-state index in [-0.39, 0.29) is 0 Å². The Morgan fingerprint density at radius 1 is 1.33 bits per heavy atom. The van der Waals surface area contributed by atoms with Crippen molar-refractivity contribution in [2.75, 3.05) is 0 Å². The molecule has 3 N–H and O–H groups in total.